The van der Waals surface area contributed by atoms with E-state index in [1.807, 2.05) is 0 Å². The summed E-state index contributed by atoms with van der Waals surface area (Å²) in [7, 11) is 1.60. The van der Waals surface area contributed by atoms with E-state index in [1.165, 1.54) is 4.88 Å². The first-order chi connectivity index (χ1) is 8.28. The molecule has 2 heterocycles. The van der Waals surface area contributed by atoms with Crippen molar-refractivity contribution in [1.29, 1.82) is 0 Å². The van der Waals surface area contributed by atoms with Gasteiger partial charge in [-0.1, -0.05) is 0 Å². The summed E-state index contributed by atoms with van der Waals surface area (Å²) in [6.45, 7) is 0.819. The Morgan fingerprint density at radius 3 is 2.71 bits per heavy atom. The number of anilines is 1. The Labute approximate surface area is 112 Å². The van der Waals surface area contributed by atoms with Crippen molar-refractivity contribution in [3.63, 3.8) is 0 Å². The van der Waals surface area contributed by atoms with Crippen molar-refractivity contribution >= 4 is 33.2 Å². The number of rotatable bonds is 5. The van der Waals surface area contributed by atoms with Gasteiger partial charge in [0.1, 0.15) is 0 Å². The minimum atomic E-state index is 0.626. The molecular weight excluding hydrogens is 302 g/mol. The fraction of sp³-hybridized carbons (Fsp3) is 0.273. The summed E-state index contributed by atoms with van der Waals surface area (Å²) in [5, 5.41) is 3.17. The summed E-state index contributed by atoms with van der Waals surface area (Å²) in [4.78, 5) is 9.60. The van der Waals surface area contributed by atoms with E-state index >= 15 is 0 Å². The molecule has 2 aromatic rings. The molecule has 0 aromatic carbocycles. The number of ether oxygens (including phenoxy) is 1. The van der Waals surface area contributed by atoms with Gasteiger partial charge >= 0.3 is 0 Å². The third-order valence-corrected chi connectivity index (χ3v) is 3.83. The van der Waals surface area contributed by atoms with Gasteiger partial charge in [-0.25, -0.2) is 9.97 Å². The second-order valence-electron chi connectivity index (χ2n) is 3.33. The Bertz CT molecular complexity index is 472. The number of nitrogens with one attached hydrogen (secondary N) is 1. The zero-order valence-electron chi connectivity index (χ0n) is 9.31. The summed E-state index contributed by atoms with van der Waals surface area (Å²) < 4.78 is 6.15. The molecule has 0 fully saturated rings. The van der Waals surface area contributed by atoms with E-state index in [2.05, 4.69) is 43.3 Å². The second-order valence-corrected chi connectivity index (χ2v) is 5.88. The molecule has 0 atom stereocenters. The Kier molecular flexibility index (Phi) is 4.33. The lowest BCUT2D eigenvalue weighted by atomic mass is 10.3. The molecule has 0 amide bonds. The molecule has 6 heteroatoms. The first-order valence-electron chi connectivity index (χ1n) is 5.12. The number of hydrogen-bond donors (Lipinski definition) is 1. The van der Waals surface area contributed by atoms with E-state index in [-0.39, 0.29) is 0 Å². The van der Waals surface area contributed by atoms with Gasteiger partial charge in [-0.3, -0.25) is 0 Å². The summed E-state index contributed by atoms with van der Waals surface area (Å²) in [6, 6.07) is 4.18. The first kappa shape index (κ1) is 12.3. The fourth-order valence-electron chi connectivity index (χ4n) is 1.30. The van der Waals surface area contributed by atoms with Crippen molar-refractivity contribution in [1.82, 2.24) is 9.97 Å². The zero-order valence-corrected chi connectivity index (χ0v) is 11.7. The molecule has 0 aliphatic heterocycles. The van der Waals surface area contributed by atoms with Gasteiger partial charge in [0, 0.05) is 11.4 Å². The lowest BCUT2D eigenvalue weighted by Gasteiger charge is -2.04. The largest absolute Gasteiger partial charge is 0.494 e. The number of halogens is 1. The smallest absolute Gasteiger partial charge is 0.222 e. The van der Waals surface area contributed by atoms with Crippen LogP contribution in [0.4, 0.5) is 5.95 Å². The molecular formula is C11H12BrN3OS. The highest BCUT2D eigenvalue weighted by Crippen LogP contribution is 2.22. The van der Waals surface area contributed by atoms with Crippen LogP contribution in [-0.2, 0) is 6.42 Å². The van der Waals surface area contributed by atoms with E-state index in [0.29, 0.717) is 11.7 Å². The molecule has 4 nitrogen and oxygen atoms in total. The number of aromatic nitrogens is 2. The van der Waals surface area contributed by atoms with Gasteiger partial charge in [-0.2, -0.15) is 0 Å². The normalized spacial score (nSPS) is 10.2. The maximum atomic E-state index is 4.99. The van der Waals surface area contributed by atoms with Crippen LogP contribution in [0, 0.1) is 0 Å². The summed E-state index contributed by atoms with van der Waals surface area (Å²) in [5.74, 6) is 1.29. The minimum absolute atomic E-state index is 0.626. The standard InChI is InChI=1S/C11H12BrN3OS/c1-16-8-6-14-11(15-7-8)13-5-4-9-2-3-10(12)17-9/h2-3,6-7H,4-5H2,1H3,(H,13,14,15). The maximum absolute atomic E-state index is 4.99. The summed E-state index contributed by atoms with van der Waals surface area (Å²) >= 11 is 5.19. The molecule has 0 spiro atoms. The monoisotopic (exact) mass is 313 g/mol. The highest BCUT2D eigenvalue weighted by atomic mass is 79.9. The van der Waals surface area contributed by atoms with Gasteiger partial charge in [0.25, 0.3) is 0 Å². The molecule has 0 saturated heterocycles. The average Bonchev–Trinajstić information content (AvgIpc) is 2.76. The second kappa shape index (κ2) is 5.97. The van der Waals surface area contributed by atoms with Crippen molar-refractivity contribution in [2.75, 3.05) is 19.0 Å². The van der Waals surface area contributed by atoms with Crippen LogP contribution in [0.3, 0.4) is 0 Å². The van der Waals surface area contributed by atoms with Crippen LogP contribution in [0.2, 0.25) is 0 Å². The van der Waals surface area contributed by atoms with Gasteiger partial charge in [-0.05, 0) is 34.5 Å². The number of hydrogen-bond acceptors (Lipinski definition) is 5. The predicted molar refractivity (Wildman–Crippen MR) is 72.8 cm³/mol. The van der Waals surface area contributed by atoms with Crippen LogP contribution in [-0.4, -0.2) is 23.6 Å². The lowest BCUT2D eigenvalue weighted by Crippen LogP contribution is -2.07. The molecule has 0 bridgehead atoms. The van der Waals surface area contributed by atoms with Crippen molar-refractivity contribution in [3.8, 4) is 5.75 Å². The summed E-state index contributed by atoms with van der Waals surface area (Å²) in [5.41, 5.74) is 0. The van der Waals surface area contributed by atoms with Crippen molar-refractivity contribution < 1.29 is 4.74 Å². The van der Waals surface area contributed by atoms with Crippen LogP contribution in [0.15, 0.2) is 28.3 Å². The van der Waals surface area contributed by atoms with Crippen LogP contribution >= 0.6 is 27.3 Å². The van der Waals surface area contributed by atoms with E-state index < -0.39 is 0 Å². The van der Waals surface area contributed by atoms with Gasteiger partial charge in [0.05, 0.1) is 23.3 Å². The number of nitrogens with zero attached hydrogens (tertiary/aromatic N) is 2. The lowest BCUT2D eigenvalue weighted by molar-refractivity contribution is 0.411. The molecule has 0 radical (unpaired) electrons. The fourth-order valence-corrected chi connectivity index (χ4v) is 2.78. The van der Waals surface area contributed by atoms with Crippen LogP contribution in [0.25, 0.3) is 0 Å². The number of thiophene rings is 1. The number of methoxy groups -OCH3 is 1. The van der Waals surface area contributed by atoms with Gasteiger partial charge in [-0.15, -0.1) is 11.3 Å². The third-order valence-electron chi connectivity index (χ3n) is 2.15. The SMILES string of the molecule is COc1cnc(NCCc2ccc(Br)s2)nc1. The van der Waals surface area contributed by atoms with Gasteiger partial charge in [0.15, 0.2) is 5.75 Å². The van der Waals surface area contributed by atoms with Crippen LogP contribution in [0.1, 0.15) is 4.88 Å². The molecule has 2 rings (SSSR count). The van der Waals surface area contributed by atoms with E-state index in [9.17, 15) is 0 Å². The highest BCUT2D eigenvalue weighted by Gasteiger charge is 1.99. The molecule has 90 valence electrons. The van der Waals surface area contributed by atoms with Crippen LogP contribution < -0.4 is 10.1 Å². The molecule has 0 aliphatic rings. The van der Waals surface area contributed by atoms with Crippen molar-refractivity contribution in [3.05, 3.63) is 33.2 Å². The predicted octanol–water partition coefficient (Wildman–Crippen LogP) is 2.96. The molecule has 0 aliphatic carbocycles. The Hall–Kier alpha value is -1.14. The Balaban J connectivity index is 1.81. The van der Waals surface area contributed by atoms with Crippen LogP contribution in [0.5, 0.6) is 5.75 Å². The topological polar surface area (TPSA) is 47.0 Å². The van der Waals surface area contributed by atoms with Gasteiger partial charge < -0.3 is 10.1 Å². The molecule has 17 heavy (non-hydrogen) atoms. The molecule has 1 N–H and O–H groups in total. The summed E-state index contributed by atoms with van der Waals surface area (Å²) in [6.07, 6.45) is 4.26. The molecule has 2 aromatic heterocycles. The maximum Gasteiger partial charge on any atom is 0.222 e. The Morgan fingerprint density at radius 2 is 2.12 bits per heavy atom. The highest BCUT2D eigenvalue weighted by molar-refractivity contribution is 9.11. The molecule has 0 saturated carbocycles. The quantitative estimate of drug-likeness (QED) is 0.922. The molecule has 0 unspecified atom stereocenters. The zero-order chi connectivity index (χ0) is 12.1. The first-order valence-corrected chi connectivity index (χ1v) is 6.73. The average molecular weight is 314 g/mol. The van der Waals surface area contributed by atoms with E-state index in [4.69, 9.17) is 4.74 Å². The van der Waals surface area contributed by atoms with Crippen molar-refractivity contribution in [2.45, 2.75) is 6.42 Å². The van der Waals surface area contributed by atoms with E-state index in [0.717, 1.165) is 16.8 Å². The third kappa shape index (κ3) is 3.67. The minimum Gasteiger partial charge on any atom is -0.494 e. The van der Waals surface area contributed by atoms with Crippen molar-refractivity contribution in [2.24, 2.45) is 0 Å². The van der Waals surface area contributed by atoms with Gasteiger partial charge in [0.2, 0.25) is 5.95 Å². The van der Waals surface area contributed by atoms with E-state index in [1.54, 1.807) is 30.8 Å². The Morgan fingerprint density at radius 1 is 1.35 bits per heavy atom.